The molecule has 2 aromatic rings. The summed E-state index contributed by atoms with van der Waals surface area (Å²) in [6.45, 7) is 1.47. The smallest absolute Gasteiger partial charge is 0.258 e. The molecule has 0 N–H and O–H groups in total. The Bertz CT molecular complexity index is 669. The van der Waals surface area contributed by atoms with Crippen LogP contribution in [0.1, 0.15) is 11.3 Å². The number of rotatable bonds is 2. The number of aromatic nitrogens is 1. The Hall–Kier alpha value is -2.44. The molecule has 7 heteroatoms. The summed E-state index contributed by atoms with van der Waals surface area (Å²) < 4.78 is 37.9. The predicted octanol–water partition coefficient (Wildman–Crippen LogP) is 3.98. The number of nitro groups is 1. The van der Waals surface area contributed by atoms with Crippen molar-refractivity contribution in [2.75, 3.05) is 0 Å². The minimum atomic E-state index is -4.46. The van der Waals surface area contributed by atoms with Gasteiger partial charge in [-0.15, -0.1) is 0 Å². The second-order valence-electron chi connectivity index (χ2n) is 4.16. The van der Waals surface area contributed by atoms with E-state index in [1.807, 2.05) is 0 Å². The molecule has 0 saturated carbocycles. The van der Waals surface area contributed by atoms with Gasteiger partial charge in [0, 0.05) is 17.8 Å². The summed E-state index contributed by atoms with van der Waals surface area (Å²) in [7, 11) is 0. The molecule has 104 valence electrons. The Kier molecular flexibility index (Phi) is 3.44. The number of hydrogen-bond acceptors (Lipinski definition) is 3. The van der Waals surface area contributed by atoms with E-state index in [-0.39, 0.29) is 22.5 Å². The summed E-state index contributed by atoms with van der Waals surface area (Å²) in [5.74, 6) is 0. The maximum absolute atomic E-state index is 12.6. The van der Waals surface area contributed by atoms with Crippen LogP contribution < -0.4 is 0 Å². The fourth-order valence-corrected chi connectivity index (χ4v) is 1.74. The first kappa shape index (κ1) is 14.0. The van der Waals surface area contributed by atoms with E-state index in [0.29, 0.717) is 0 Å². The fourth-order valence-electron chi connectivity index (χ4n) is 1.74. The van der Waals surface area contributed by atoms with E-state index in [9.17, 15) is 23.3 Å². The molecule has 1 heterocycles. The minimum Gasteiger partial charge on any atom is -0.258 e. The van der Waals surface area contributed by atoms with Gasteiger partial charge < -0.3 is 0 Å². The van der Waals surface area contributed by atoms with Gasteiger partial charge in [-0.05, 0) is 24.6 Å². The van der Waals surface area contributed by atoms with E-state index < -0.39 is 16.7 Å². The Balaban J connectivity index is 2.52. The van der Waals surface area contributed by atoms with Crippen molar-refractivity contribution in [3.8, 4) is 11.1 Å². The van der Waals surface area contributed by atoms with Crippen LogP contribution in [0.15, 0.2) is 36.5 Å². The zero-order chi connectivity index (χ0) is 14.9. The summed E-state index contributed by atoms with van der Waals surface area (Å²) >= 11 is 0. The molecular weight excluding hydrogens is 273 g/mol. The average molecular weight is 282 g/mol. The van der Waals surface area contributed by atoms with Crippen molar-refractivity contribution in [1.82, 2.24) is 4.98 Å². The molecule has 0 radical (unpaired) electrons. The van der Waals surface area contributed by atoms with Crippen LogP contribution in [0.3, 0.4) is 0 Å². The van der Waals surface area contributed by atoms with E-state index in [4.69, 9.17) is 0 Å². The van der Waals surface area contributed by atoms with Gasteiger partial charge >= 0.3 is 6.18 Å². The third-order valence-corrected chi connectivity index (χ3v) is 2.78. The second kappa shape index (κ2) is 4.92. The summed E-state index contributed by atoms with van der Waals surface area (Å²) in [6.07, 6.45) is -3.14. The Labute approximate surface area is 112 Å². The molecule has 0 saturated heterocycles. The zero-order valence-electron chi connectivity index (χ0n) is 10.3. The summed E-state index contributed by atoms with van der Waals surface area (Å²) in [5, 5.41) is 10.8. The molecule has 0 atom stereocenters. The largest absolute Gasteiger partial charge is 0.416 e. The number of alkyl halides is 3. The zero-order valence-corrected chi connectivity index (χ0v) is 10.3. The summed E-state index contributed by atoms with van der Waals surface area (Å²) in [6, 6.07) is 5.81. The SMILES string of the molecule is Cc1ncc(-c2cccc(C(F)(F)F)c2)cc1[N+](=O)[O-]. The van der Waals surface area contributed by atoms with E-state index in [1.165, 1.54) is 31.3 Å². The van der Waals surface area contributed by atoms with Crippen LogP contribution in [0.2, 0.25) is 0 Å². The standard InChI is InChI=1S/C13H9F3N2O2/c1-8-12(18(19)20)6-10(7-17-8)9-3-2-4-11(5-9)13(14,15)16/h2-7H,1H3. The third-order valence-electron chi connectivity index (χ3n) is 2.78. The number of halogens is 3. The van der Waals surface area contributed by atoms with Gasteiger partial charge in [-0.1, -0.05) is 12.1 Å². The molecule has 0 aliphatic rings. The molecule has 1 aromatic carbocycles. The van der Waals surface area contributed by atoms with Gasteiger partial charge in [-0.2, -0.15) is 13.2 Å². The number of nitrogens with zero attached hydrogens (tertiary/aromatic N) is 2. The van der Waals surface area contributed by atoms with Crippen LogP contribution in [0.25, 0.3) is 11.1 Å². The summed E-state index contributed by atoms with van der Waals surface area (Å²) in [4.78, 5) is 14.1. The van der Waals surface area contributed by atoms with Gasteiger partial charge in [0.2, 0.25) is 0 Å². The number of benzene rings is 1. The van der Waals surface area contributed by atoms with Crippen molar-refractivity contribution >= 4 is 5.69 Å². The monoisotopic (exact) mass is 282 g/mol. The van der Waals surface area contributed by atoms with E-state index >= 15 is 0 Å². The van der Waals surface area contributed by atoms with Crippen LogP contribution in [0.5, 0.6) is 0 Å². The molecular formula is C13H9F3N2O2. The van der Waals surface area contributed by atoms with Gasteiger partial charge in [0.15, 0.2) is 0 Å². The van der Waals surface area contributed by atoms with Crippen LogP contribution in [0.4, 0.5) is 18.9 Å². The lowest BCUT2D eigenvalue weighted by Gasteiger charge is -2.09. The first-order valence-corrected chi connectivity index (χ1v) is 5.57. The molecule has 0 unspecified atom stereocenters. The summed E-state index contributed by atoms with van der Waals surface area (Å²) in [5.41, 5.74) is -0.312. The van der Waals surface area contributed by atoms with Crippen LogP contribution in [0, 0.1) is 17.0 Å². The predicted molar refractivity (Wildman–Crippen MR) is 66.1 cm³/mol. The van der Waals surface area contributed by atoms with E-state index in [1.54, 1.807) is 0 Å². The molecule has 2 rings (SSSR count). The second-order valence-corrected chi connectivity index (χ2v) is 4.16. The Morgan fingerprint density at radius 3 is 2.50 bits per heavy atom. The van der Waals surface area contributed by atoms with E-state index in [2.05, 4.69) is 4.98 Å². The van der Waals surface area contributed by atoms with Gasteiger partial charge in [0.25, 0.3) is 5.69 Å². The molecule has 0 bridgehead atoms. The van der Waals surface area contributed by atoms with Gasteiger partial charge in [0.1, 0.15) is 5.69 Å². The first-order valence-electron chi connectivity index (χ1n) is 5.57. The van der Waals surface area contributed by atoms with Crippen molar-refractivity contribution in [1.29, 1.82) is 0 Å². The lowest BCUT2D eigenvalue weighted by Crippen LogP contribution is -2.04. The Morgan fingerprint density at radius 2 is 1.90 bits per heavy atom. The van der Waals surface area contributed by atoms with Crippen molar-refractivity contribution in [2.24, 2.45) is 0 Å². The molecule has 0 aliphatic carbocycles. The van der Waals surface area contributed by atoms with Crippen molar-refractivity contribution in [3.05, 3.63) is 57.9 Å². The quantitative estimate of drug-likeness (QED) is 0.618. The highest BCUT2D eigenvalue weighted by atomic mass is 19.4. The molecule has 20 heavy (non-hydrogen) atoms. The highest BCUT2D eigenvalue weighted by molar-refractivity contribution is 5.66. The lowest BCUT2D eigenvalue weighted by atomic mass is 10.0. The maximum Gasteiger partial charge on any atom is 0.416 e. The van der Waals surface area contributed by atoms with Gasteiger partial charge in [-0.3, -0.25) is 15.1 Å². The molecule has 1 aromatic heterocycles. The lowest BCUT2D eigenvalue weighted by molar-refractivity contribution is -0.385. The van der Waals surface area contributed by atoms with Crippen LogP contribution >= 0.6 is 0 Å². The highest BCUT2D eigenvalue weighted by Crippen LogP contribution is 2.33. The maximum atomic E-state index is 12.6. The van der Waals surface area contributed by atoms with Gasteiger partial charge in [0.05, 0.1) is 10.5 Å². The van der Waals surface area contributed by atoms with Crippen molar-refractivity contribution in [2.45, 2.75) is 13.1 Å². The van der Waals surface area contributed by atoms with Crippen LogP contribution in [-0.4, -0.2) is 9.91 Å². The topological polar surface area (TPSA) is 56.0 Å². The number of pyridine rings is 1. The molecule has 0 amide bonds. The molecule has 4 nitrogen and oxygen atoms in total. The number of aryl methyl sites for hydroxylation is 1. The van der Waals surface area contributed by atoms with Crippen molar-refractivity contribution < 1.29 is 18.1 Å². The molecule has 0 spiro atoms. The molecule has 0 fully saturated rings. The minimum absolute atomic E-state index is 0.214. The highest BCUT2D eigenvalue weighted by Gasteiger charge is 2.30. The number of hydrogen-bond donors (Lipinski definition) is 0. The van der Waals surface area contributed by atoms with Crippen LogP contribution in [-0.2, 0) is 6.18 Å². The third kappa shape index (κ3) is 2.76. The first-order chi connectivity index (χ1) is 9.29. The van der Waals surface area contributed by atoms with E-state index in [0.717, 1.165) is 12.1 Å². The fraction of sp³-hybridized carbons (Fsp3) is 0.154. The average Bonchev–Trinajstić information content (AvgIpc) is 2.38. The van der Waals surface area contributed by atoms with Gasteiger partial charge in [-0.25, -0.2) is 0 Å². The normalized spacial score (nSPS) is 11.4. The Morgan fingerprint density at radius 1 is 1.20 bits per heavy atom. The van der Waals surface area contributed by atoms with Crippen molar-refractivity contribution in [3.63, 3.8) is 0 Å². The molecule has 0 aliphatic heterocycles.